The van der Waals surface area contributed by atoms with Crippen LogP contribution in [-0.2, 0) is 0 Å². The van der Waals surface area contributed by atoms with Crippen molar-refractivity contribution >= 4 is 28.9 Å². The molecule has 2 aromatic heterocycles. The summed E-state index contributed by atoms with van der Waals surface area (Å²) < 4.78 is 17.2. The molecular formula is C22H18FN5OS. The molecule has 0 bridgehead atoms. The number of hydrogen-bond acceptors (Lipinski definition) is 5. The van der Waals surface area contributed by atoms with Crippen molar-refractivity contribution in [1.82, 2.24) is 14.3 Å². The van der Waals surface area contributed by atoms with Gasteiger partial charge in [-0.05, 0) is 49.8 Å². The Labute approximate surface area is 175 Å². The number of benzene rings is 2. The molecule has 1 N–H and O–H groups in total. The summed E-state index contributed by atoms with van der Waals surface area (Å²) in [6.45, 7) is 3.82. The van der Waals surface area contributed by atoms with Gasteiger partial charge in [0.05, 0.1) is 15.9 Å². The second-order valence-electron chi connectivity index (χ2n) is 7.08. The summed E-state index contributed by atoms with van der Waals surface area (Å²) >= 11 is 1.31. The van der Waals surface area contributed by atoms with E-state index in [4.69, 9.17) is 4.99 Å². The normalized spacial score (nSPS) is 15.7. The number of thiazole rings is 1. The zero-order valence-electron chi connectivity index (χ0n) is 16.3. The van der Waals surface area contributed by atoms with Crippen LogP contribution in [0.5, 0.6) is 0 Å². The van der Waals surface area contributed by atoms with E-state index in [-0.39, 0.29) is 17.5 Å². The first kappa shape index (κ1) is 18.5. The molecule has 0 saturated carbocycles. The molecule has 6 nitrogen and oxygen atoms in total. The summed E-state index contributed by atoms with van der Waals surface area (Å²) in [7, 11) is 0. The number of hydrogen-bond donors (Lipinski definition) is 1. The maximum absolute atomic E-state index is 13.2. The first-order valence-electron chi connectivity index (χ1n) is 9.50. The number of aromatic nitrogens is 3. The first-order valence-corrected chi connectivity index (χ1v) is 10.3. The molecule has 1 unspecified atom stereocenters. The maximum Gasteiger partial charge on any atom is 0.271 e. The van der Waals surface area contributed by atoms with Gasteiger partial charge in [0.15, 0.2) is 10.6 Å². The van der Waals surface area contributed by atoms with Gasteiger partial charge in [0, 0.05) is 0 Å². The average Bonchev–Trinajstić information content (AvgIpc) is 3.16. The van der Waals surface area contributed by atoms with Gasteiger partial charge in [0.2, 0.25) is 0 Å². The molecular weight excluding hydrogens is 401 g/mol. The highest BCUT2D eigenvalue weighted by atomic mass is 32.1. The number of rotatable bonds is 2. The molecule has 5 rings (SSSR count). The minimum absolute atomic E-state index is 0.134. The lowest BCUT2D eigenvalue weighted by Gasteiger charge is -2.15. The molecule has 1 atom stereocenters. The summed E-state index contributed by atoms with van der Waals surface area (Å²) in [5.41, 5.74) is 3.03. The Bertz CT molecular complexity index is 1420. The van der Waals surface area contributed by atoms with Gasteiger partial charge in [-0.25, -0.2) is 14.1 Å². The van der Waals surface area contributed by atoms with E-state index in [1.807, 2.05) is 48.9 Å². The Morgan fingerprint density at radius 1 is 1.13 bits per heavy atom. The Morgan fingerprint density at radius 2 is 1.87 bits per heavy atom. The van der Waals surface area contributed by atoms with Gasteiger partial charge in [-0.3, -0.25) is 9.36 Å². The third kappa shape index (κ3) is 3.05. The van der Waals surface area contributed by atoms with Crippen molar-refractivity contribution < 1.29 is 4.39 Å². The van der Waals surface area contributed by atoms with E-state index >= 15 is 0 Å². The van der Waals surface area contributed by atoms with E-state index in [2.05, 4.69) is 10.4 Å². The Hall–Kier alpha value is -3.52. The van der Waals surface area contributed by atoms with Crippen LogP contribution in [0.15, 0.2) is 64.4 Å². The SMILES string of the molecule is Cc1nn(-c2ccccc2)c2c1N=c1s/c(=C\c3ccc(F)cc3)c(=O)n1C(C)N2. The van der Waals surface area contributed by atoms with E-state index in [0.717, 1.165) is 22.8 Å². The molecule has 1 aliphatic rings. The third-order valence-electron chi connectivity index (χ3n) is 4.97. The summed E-state index contributed by atoms with van der Waals surface area (Å²) in [4.78, 5) is 18.5. The van der Waals surface area contributed by atoms with Gasteiger partial charge in [-0.15, -0.1) is 0 Å². The third-order valence-corrected chi connectivity index (χ3v) is 5.96. The van der Waals surface area contributed by atoms with Crippen molar-refractivity contribution in [3.05, 3.63) is 91.4 Å². The minimum Gasteiger partial charge on any atom is -0.348 e. The number of para-hydroxylation sites is 1. The average molecular weight is 419 g/mol. The fourth-order valence-corrected chi connectivity index (χ4v) is 4.57. The zero-order valence-corrected chi connectivity index (χ0v) is 17.2. The quantitative estimate of drug-likeness (QED) is 0.542. The molecule has 0 amide bonds. The van der Waals surface area contributed by atoms with Crippen LogP contribution in [0.2, 0.25) is 0 Å². The largest absolute Gasteiger partial charge is 0.348 e. The predicted molar refractivity (Wildman–Crippen MR) is 116 cm³/mol. The molecule has 0 radical (unpaired) electrons. The lowest BCUT2D eigenvalue weighted by Crippen LogP contribution is -2.36. The highest BCUT2D eigenvalue weighted by Gasteiger charge is 2.24. The van der Waals surface area contributed by atoms with Gasteiger partial charge in [0.1, 0.15) is 17.7 Å². The molecule has 4 aromatic rings. The molecule has 0 spiro atoms. The second-order valence-corrected chi connectivity index (χ2v) is 8.09. The van der Waals surface area contributed by atoms with Gasteiger partial charge in [-0.2, -0.15) is 5.10 Å². The van der Waals surface area contributed by atoms with Gasteiger partial charge in [0.25, 0.3) is 5.56 Å². The highest BCUT2D eigenvalue weighted by molar-refractivity contribution is 7.07. The van der Waals surface area contributed by atoms with E-state index < -0.39 is 0 Å². The zero-order chi connectivity index (χ0) is 20.8. The number of fused-ring (bicyclic) bond motifs is 2. The Kier molecular flexibility index (Phi) is 4.36. The fourth-order valence-electron chi connectivity index (χ4n) is 3.51. The Morgan fingerprint density at radius 3 is 2.60 bits per heavy atom. The van der Waals surface area contributed by atoms with Crippen LogP contribution in [0, 0.1) is 12.7 Å². The van der Waals surface area contributed by atoms with Gasteiger partial charge in [-0.1, -0.05) is 41.7 Å². The molecule has 150 valence electrons. The standard InChI is InChI=1S/C22H18FN5OS/c1-13-19-20(28(26-13)17-6-4-3-5-7-17)24-14(2)27-21(29)18(30-22(27)25-19)12-15-8-10-16(23)11-9-15/h3-12,14,24H,1-2H3/b18-12-. The van der Waals surface area contributed by atoms with Crippen molar-refractivity contribution in [2.75, 3.05) is 5.32 Å². The molecule has 3 heterocycles. The molecule has 0 saturated heterocycles. The molecule has 1 aliphatic heterocycles. The summed E-state index contributed by atoms with van der Waals surface area (Å²) in [6.07, 6.45) is 1.44. The van der Waals surface area contributed by atoms with E-state index in [1.54, 1.807) is 22.8 Å². The van der Waals surface area contributed by atoms with Gasteiger partial charge < -0.3 is 5.32 Å². The van der Waals surface area contributed by atoms with E-state index in [9.17, 15) is 9.18 Å². The van der Waals surface area contributed by atoms with Crippen molar-refractivity contribution in [1.29, 1.82) is 0 Å². The Balaban J connectivity index is 1.70. The molecule has 30 heavy (non-hydrogen) atoms. The molecule has 0 aliphatic carbocycles. The summed E-state index contributed by atoms with van der Waals surface area (Å²) in [5.74, 6) is 0.447. The van der Waals surface area contributed by atoms with Crippen LogP contribution in [0.25, 0.3) is 11.8 Å². The number of nitrogens with zero attached hydrogens (tertiary/aromatic N) is 4. The summed E-state index contributed by atoms with van der Waals surface area (Å²) in [5, 5.41) is 8.06. The molecule has 8 heteroatoms. The monoisotopic (exact) mass is 419 g/mol. The van der Waals surface area contributed by atoms with Crippen LogP contribution >= 0.6 is 11.3 Å². The van der Waals surface area contributed by atoms with Crippen LogP contribution in [0.1, 0.15) is 24.3 Å². The second kappa shape index (κ2) is 7.07. The fraction of sp³-hybridized carbons (Fsp3) is 0.136. The van der Waals surface area contributed by atoms with Crippen molar-refractivity contribution in [3.63, 3.8) is 0 Å². The van der Waals surface area contributed by atoms with Crippen LogP contribution in [-0.4, -0.2) is 14.3 Å². The smallest absolute Gasteiger partial charge is 0.271 e. The topological polar surface area (TPSA) is 64.2 Å². The van der Waals surface area contributed by atoms with Crippen molar-refractivity contribution in [2.45, 2.75) is 20.0 Å². The molecule has 0 fully saturated rings. The van der Waals surface area contributed by atoms with Crippen LogP contribution in [0.3, 0.4) is 0 Å². The minimum atomic E-state index is -0.317. The van der Waals surface area contributed by atoms with Crippen molar-refractivity contribution in [2.24, 2.45) is 4.99 Å². The highest BCUT2D eigenvalue weighted by Crippen LogP contribution is 2.33. The number of anilines is 1. The van der Waals surface area contributed by atoms with E-state index in [1.165, 1.54) is 23.5 Å². The first-order chi connectivity index (χ1) is 14.5. The van der Waals surface area contributed by atoms with Crippen LogP contribution < -0.4 is 20.2 Å². The lowest BCUT2D eigenvalue weighted by atomic mass is 10.2. The maximum atomic E-state index is 13.2. The lowest BCUT2D eigenvalue weighted by molar-refractivity contribution is 0.579. The number of nitrogens with one attached hydrogen (secondary N) is 1. The number of aryl methyl sites for hydroxylation is 1. The van der Waals surface area contributed by atoms with Crippen molar-refractivity contribution in [3.8, 4) is 5.69 Å². The molecule has 2 aromatic carbocycles. The van der Waals surface area contributed by atoms with E-state index in [0.29, 0.717) is 15.0 Å². The predicted octanol–water partition coefficient (Wildman–Crippen LogP) is 3.27. The van der Waals surface area contributed by atoms with Gasteiger partial charge >= 0.3 is 0 Å². The number of halogens is 1. The van der Waals surface area contributed by atoms with Crippen LogP contribution in [0.4, 0.5) is 15.9 Å². The summed E-state index contributed by atoms with van der Waals surface area (Å²) in [6, 6.07) is 15.9.